The molecular weight excluding hydrogens is 795 g/mol. The lowest BCUT2D eigenvalue weighted by Gasteiger charge is -2.40. The van der Waals surface area contributed by atoms with Crippen molar-refractivity contribution in [1.82, 2.24) is 14.5 Å². The van der Waals surface area contributed by atoms with Crippen molar-refractivity contribution in [3.63, 3.8) is 0 Å². The number of hydrogen-bond acceptors (Lipinski definition) is 6. The van der Waals surface area contributed by atoms with Gasteiger partial charge in [0.15, 0.2) is 0 Å². The summed E-state index contributed by atoms with van der Waals surface area (Å²) in [7, 11) is 0. The van der Waals surface area contributed by atoms with E-state index in [1.54, 1.807) is 0 Å². The molecule has 0 unspecified atom stereocenters. The minimum absolute atomic E-state index is 0.301. The minimum Gasteiger partial charge on any atom is -0.309 e. The van der Waals surface area contributed by atoms with Gasteiger partial charge in [0.25, 0.3) is 0 Å². The zero-order valence-electron chi connectivity index (χ0n) is 38.4. The molecule has 0 saturated heterocycles. The van der Waals surface area contributed by atoms with E-state index in [9.17, 15) is 0 Å². The molecule has 0 aliphatic carbocycles. The lowest BCUT2D eigenvalue weighted by Crippen LogP contribution is -2.53. The second kappa shape index (κ2) is 14.6. The Morgan fingerprint density at radius 3 is 1.38 bits per heavy atom. The molecule has 5 heterocycles. The van der Waals surface area contributed by atoms with Crippen LogP contribution in [-0.2, 0) is 0 Å². The van der Waals surface area contributed by atoms with Crippen molar-refractivity contribution in [3.05, 3.63) is 187 Å². The van der Waals surface area contributed by atoms with Crippen LogP contribution in [0.15, 0.2) is 186 Å². The second-order valence-corrected chi connectivity index (χ2v) is 19.6. The predicted molar refractivity (Wildman–Crippen MR) is 272 cm³/mol. The third-order valence-corrected chi connectivity index (χ3v) is 14.8. The van der Waals surface area contributed by atoms with Gasteiger partial charge in [-0.05, 0) is 126 Å². The standard InChI is InChI=1S/C58H53N7/c1-55(2)57(5,6)64(53(61-55)38-20-12-9-13-21-38)50-32-29-41(36-59-50)40-28-31-46-48(34-40)63(43-24-16-11-17-25-43)49-35-47(44-26-18-19-27-45(44)52(46)49)42-30-33-51(60-37-42)65-54(39-22-14-10-15-23-39)62-56(3,4)58(65,7)8/h9-37H,1-8H3. The summed E-state index contributed by atoms with van der Waals surface area (Å²) in [6, 6.07) is 58.4. The van der Waals surface area contributed by atoms with Crippen LogP contribution in [0, 0.1) is 0 Å². The van der Waals surface area contributed by atoms with Crippen LogP contribution >= 0.6 is 0 Å². The van der Waals surface area contributed by atoms with Crippen LogP contribution in [0.25, 0.3) is 60.5 Å². The number of aromatic nitrogens is 3. The van der Waals surface area contributed by atoms with Crippen LogP contribution in [0.4, 0.5) is 11.6 Å². The molecule has 0 radical (unpaired) electrons. The zero-order chi connectivity index (χ0) is 44.9. The number of fused-ring (bicyclic) bond motifs is 5. The topological polar surface area (TPSA) is 61.9 Å². The number of amidine groups is 2. The highest BCUT2D eigenvalue weighted by atomic mass is 15.4. The number of nitrogens with zero attached hydrogens (tertiary/aromatic N) is 7. The summed E-state index contributed by atoms with van der Waals surface area (Å²) in [4.78, 5) is 25.5. The number of pyridine rings is 2. The van der Waals surface area contributed by atoms with Crippen molar-refractivity contribution in [2.45, 2.75) is 77.5 Å². The first-order valence-electron chi connectivity index (χ1n) is 22.6. The number of anilines is 2. The van der Waals surface area contributed by atoms with Gasteiger partial charge in [-0.1, -0.05) is 115 Å². The molecule has 0 atom stereocenters. The Morgan fingerprint density at radius 1 is 0.385 bits per heavy atom. The SMILES string of the molecule is CC1(C)N=C(c2ccccc2)N(c2ccc(-c3ccc4c5c6ccccc6c(-c6ccc(N7C(c8ccccc8)=NC(C)(C)C7(C)C)nc6)cc5n(-c5ccccc5)c4c3)cn2)C1(C)C. The van der Waals surface area contributed by atoms with Crippen LogP contribution in [0.2, 0.25) is 0 Å². The van der Waals surface area contributed by atoms with Crippen molar-refractivity contribution < 1.29 is 0 Å². The maximum absolute atomic E-state index is 5.27. The first-order chi connectivity index (χ1) is 31.2. The van der Waals surface area contributed by atoms with Crippen molar-refractivity contribution in [3.8, 4) is 27.9 Å². The Labute approximate surface area is 381 Å². The van der Waals surface area contributed by atoms with Gasteiger partial charge in [0.2, 0.25) is 0 Å². The molecular formula is C58H53N7. The smallest absolute Gasteiger partial charge is 0.137 e. The highest BCUT2D eigenvalue weighted by molar-refractivity contribution is 6.24. The van der Waals surface area contributed by atoms with Gasteiger partial charge in [-0.15, -0.1) is 0 Å². The van der Waals surface area contributed by atoms with Gasteiger partial charge in [0, 0.05) is 51.1 Å². The number of para-hydroxylation sites is 1. The van der Waals surface area contributed by atoms with E-state index < -0.39 is 0 Å². The molecule has 65 heavy (non-hydrogen) atoms. The Balaban J connectivity index is 1.03. The Bertz CT molecular complexity index is 3340. The van der Waals surface area contributed by atoms with Crippen LogP contribution in [0.5, 0.6) is 0 Å². The second-order valence-electron chi connectivity index (χ2n) is 19.6. The first kappa shape index (κ1) is 40.4. The van der Waals surface area contributed by atoms with Crippen molar-refractivity contribution in [2.24, 2.45) is 9.98 Å². The molecule has 3 aromatic heterocycles. The molecule has 0 bridgehead atoms. The molecule has 0 N–H and O–H groups in total. The highest BCUT2D eigenvalue weighted by Crippen LogP contribution is 2.46. The van der Waals surface area contributed by atoms with Gasteiger partial charge in [0.1, 0.15) is 23.3 Å². The summed E-state index contributed by atoms with van der Waals surface area (Å²) >= 11 is 0. The molecule has 6 aromatic carbocycles. The predicted octanol–water partition coefficient (Wildman–Crippen LogP) is 13.7. The van der Waals surface area contributed by atoms with Crippen molar-refractivity contribution in [1.29, 1.82) is 0 Å². The molecule has 0 amide bonds. The molecule has 0 spiro atoms. The third kappa shape index (κ3) is 6.23. The Morgan fingerprint density at radius 2 is 0.862 bits per heavy atom. The molecule has 7 heteroatoms. The average molecular weight is 848 g/mol. The van der Waals surface area contributed by atoms with Gasteiger partial charge in [-0.2, -0.15) is 0 Å². The normalized spacial score (nSPS) is 17.2. The van der Waals surface area contributed by atoms with Gasteiger partial charge in [0.05, 0.1) is 33.2 Å². The molecule has 11 rings (SSSR count). The van der Waals surface area contributed by atoms with E-state index >= 15 is 0 Å². The van der Waals surface area contributed by atoms with E-state index in [-0.39, 0.29) is 22.2 Å². The maximum atomic E-state index is 5.27. The van der Waals surface area contributed by atoms with Gasteiger partial charge >= 0.3 is 0 Å². The van der Waals surface area contributed by atoms with Crippen LogP contribution < -0.4 is 9.80 Å². The average Bonchev–Trinajstić information content (AvgIpc) is 3.83. The quantitative estimate of drug-likeness (QED) is 0.160. The van der Waals surface area contributed by atoms with Crippen LogP contribution in [0.1, 0.15) is 66.5 Å². The molecule has 0 saturated carbocycles. The fraction of sp³-hybridized carbons (Fsp3) is 0.207. The molecule has 7 nitrogen and oxygen atoms in total. The number of aliphatic imine (C=N–C) groups is 2. The van der Waals surface area contributed by atoms with E-state index in [1.807, 2.05) is 24.5 Å². The van der Waals surface area contributed by atoms with Crippen LogP contribution in [0.3, 0.4) is 0 Å². The monoisotopic (exact) mass is 847 g/mol. The Kier molecular flexibility index (Phi) is 9.06. The summed E-state index contributed by atoms with van der Waals surface area (Å²) in [5.74, 6) is 3.64. The summed E-state index contributed by atoms with van der Waals surface area (Å²) < 4.78 is 2.42. The van der Waals surface area contributed by atoms with Crippen molar-refractivity contribution in [2.75, 3.05) is 9.80 Å². The lowest BCUT2D eigenvalue weighted by atomic mass is 9.83. The number of benzene rings is 6. The summed E-state index contributed by atoms with van der Waals surface area (Å²) in [6.45, 7) is 17.9. The molecule has 320 valence electrons. The fourth-order valence-corrected chi connectivity index (χ4v) is 9.85. The first-order valence-corrected chi connectivity index (χ1v) is 22.6. The largest absolute Gasteiger partial charge is 0.309 e. The third-order valence-electron chi connectivity index (χ3n) is 14.8. The van der Waals surface area contributed by atoms with E-state index in [1.165, 1.54) is 21.5 Å². The maximum Gasteiger partial charge on any atom is 0.137 e. The number of rotatable bonds is 7. The highest BCUT2D eigenvalue weighted by Gasteiger charge is 2.51. The van der Waals surface area contributed by atoms with E-state index in [4.69, 9.17) is 20.0 Å². The van der Waals surface area contributed by atoms with Crippen molar-refractivity contribution >= 4 is 55.9 Å². The van der Waals surface area contributed by atoms with E-state index in [2.05, 4.69) is 221 Å². The summed E-state index contributed by atoms with van der Waals surface area (Å²) in [5.41, 5.74) is 8.64. The van der Waals surface area contributed by atoms with Crippen LogP contribution in [-0.4, -0.2) is 48.4 Å². The number of hydrogen-bond donors (Lipinski definition) is 0. The summed E-state index contributed by atoms with van der Waals surface area (Å²) in [6.07, 6.45) is 4.05. The zero-order valence-corrected chi connectivity index (χ0v) is 38.4. The van der Waals surface area contributed by atoms with E-state index in [0.717, 1.165) is 73.4 Å². The fourth-order valence-electron chi connectivity index (χ4n) is 9.85. The van der Waals surface area contributed by atoms with Gasteiger partial charge < -0.3 is 14.4 Å². The minimum atomic E-state index is -0.325. The Hall–Kier alpha value is -7.38. The molecule has 2 aliphatic rings. The summed E-state index contributed by atoms with van der Waals surface area (Å²) in [5, 5.41) is 4.82. The van der Waals surface area contributed by atoms with Gasteiger partial charge in [-0.3, -0.25) is 9.98 Å². The molecule has 0 fully saturated rings. The van der Waals surface area contributed by atoms with E-state index in [0.29, 0.717) is 0 Å². The lowest BCUT2D eigenvalue weighted by molar-refractivity contribution is 0.337. The molecule has 2 aliphatic heterocycles. The van der Waals surface area contributed by atoms with Gasteiger partial charge in [-0.25, -0.2) is 9.97 Å². The molecule has 9 aromatic rings.